The molecule has 0 saturated heterocycles. The van der Waals surface area contributed by atoms with Crippen molar-refractivity contribution in [3.8, 4) is 18.1 Å². The van der Waals surface area contributed by atoms with Crippen molar-refractivity contribution < 1.29 is 14.3 Å². The molecule has 1 heterocycles. The molecule has 0 aliphatic carbocycles. The van der Waals surface area contributed by atoms with Crippen molar-refractivity contribution in [2.75, 3.05) is 37.9 Å². The van der Waals surface area contributed by atoms with Gasteiger partial charge in [0.25, 0.3) is 11.8 Å². The van der Waals surface area contributed by atoms with Gasteiger partial charge in [-0.15, -0.1) is 6.42 Å². The second-order valence-electron chi connectivity index (χ2n) is 7.75. The number of likely N-dealkylation sites (N-methyl/N-ethyl adjacent to an activating group) is 1. The van der Waals surface area contributed by atoms with Gasteiger partial charge in [0.05, 0.1) is 24.9 Å². The van der Waals surface area contributed by atoms with Crippen LogP contribution in [0.5, 0.6) is 5.75 Å². The van der Waals surface area contributed by atoms with Crippen LogP contribution in [0, 0.1) is 12.3 Å². The van der Waals surface area contributed by atoms with E-state index in [1.54, 1.807) is 54.6 Å². The lowest BCUT2D eigenvalue weighted by Gasteiger charge is -2.15. The zero-order valence-corrected chi connectivity index (χ0v) is 19.0. The third kappa shape index (κ3) is 4.92. The summed E-state index contributed by atoms with van der Waals surface area (Å²) in [6, 6.07) is 19.1. The Morgan fingerprint density at radius 2 is 1.74 bits per heavy atom. The third-order valence-corrected chi connectivity index (χ3v) is 5.49. The first-order chi connectivity index (χ1) is 16.5. The molecule has 0 unspecified atom stereocenters. The third-order valence-electron chi connectivity index (χ3n) is 5.49. The standard InChI is InChI=1S/C27H24N4O3/c1-4-18-5-11-21(12-6-18)29-27(33)23-17-22(34-3)13-14-24(23)30-26(32)20-9-7-19(8-10-20)25-28-15-16-31(25)2/h1,5-14,17H,15-16H2,2-3H3,(H,29,33)(H,30,32). The molecule has 0 radical (unpaired) electrons. The number of methoxy groups -OCH3 is 1. The van der Waals surface area contributed by atoms with Crippen molar-refractivity contribution in [3.63, 3.8) is 0 Å². The maximum atomic E-state index is 13.0. The van der Waals surface area contributed by atoms with E-state index in [0.29, 0.717) is 28.3 Å². The molecule has 0 atom stereocenters. The van der Waals surface area contributed by atoms with Gasteiger partial charge >= 0.3 is 0 Å². The van der Waals surface area contributed by atoms with Gasteiger partial charge in [0.1, 0.15) is 11.6 Å². The van der Waals surface area contributed by atoms with Crippen molar-refractivity contribution in [1.82, 2.24) is 4.90 Å². The Balaban J connectivity index is 1.53. The number of amides is 2. The highest BCUT2D eigenvalue weighted by atomic mass is 16.5. The zero-order chi connectivity index (χ0) is 24.1. The number of amidine groups is 1. The highest BCUT2D eigenvalue weighted by Crippen LogP contribution is 2.24. The molecule has 4 rings (SSSR count). The second-order valence-corrected chi connectivity index (χ2v) is 7.75. The number of benzene rings is 3. The largest absolute Gasteiger partial charge is 0.497 e. The molecule has 0 saturated carbocycles. The highest BCUT2D eigenvalue weighted by Gasteiger charge is 2.18. The van der Waals surface area contributed by atoms with Crippen LogP contribution in [0.1, 0.15) is 31.8 Å². The Kier molecular flexibility index (Phi) is 6.60. The van der Waals surface area contributed by atoms with E-state index in [9.17, 15) is 9.59 Å². The summed E-state index contributed by atoms with van der Waals surface area (Å²) in [5, 5.41) is 5.66. The Labute approximate surface area is 198 Å². The molecule has 0 fully saturated rings. The number of hydrogen-bond acceptors (Lipinski definition) is 5. The number of aliphatic imine (C=N–C) groups is 1. The minimum absolute atomic E-state index is 0.271. The fraction of sp³-hybridized carbons (Fsp3) is 0.148. The van der Waals surface area contributed by atoms with Crippen LogP contribution in [-0.4, -0.2) is 49.8 Å². The summed E-state index contributed by atoms with van der Waals surface area (Å²) < 4.78 is 5.27. The second kappa shape index (κ2) is 9.92. The molecule has 0 spiro atoms. The van der Waals surface area contributed by atoms with Crippen molar-refractivity contribution >= 4 is 29.0 Å². The SMILES string of the molecule is C#Cc1ccc(NC(=O)c2cc(OC)ccc2NC(=O)c2ccc(C3=NCCN3C)cc2)cc1. The van der Waals surface area contributed by atoms with E-state index in [2.05, 4.69) is 26.4 Å². The molecule has 3 aromatic carbocycles. The summed E-state index contributed by atoms with van der Waals surface area (Å²) in [5.41, 5.74) is 3.36. The van der Waals surface area contributed by atoms with Gasteiger partial charge in [-0.05, 0) is 54.6 Å². The molecule has 3 aromatic rings. The van der Waals surface area contributed by atoms with Crippen LogP contribution in [0.3, 0.4) is 0 Å². The predicted octanol–water partition coefficient (Wildman–Crippen LogP) is 3.87. The first-order valence-electron chi connectivity index (χ1n) is 10.7. The number of terminal acetylenes is 1. The first kappa shape index (κ1) is 22.6. The van der Waals surface area contributed by atoms with E-state index in [1.807, 2.05) is 19.2 Å². The Morgan fingerprint density at radius 3 is 2.35 bits per heavy atom. The molecule has 7 nitrogen and oxygen atoms in total. The molecule has 2 N–H and O–H groups in total. The van der Waals surface area contributed by atoms with Crippen LogP contribution in [0.25, 0.3) is 0 Å². The summed E-state index contributed by atoms with van der Waals surface area (Å²) in [5.74, 6) is 3.23. The van der Waals surface area contributed by atoms with Crippen molar-refractivity contribution in [1.29, 1.82) is 0 Å². The molecular formula is C27H24N4O3. The van der Waals surface area contributed by atoms with Crippen LogP contribution in [0.2, 0.25) is 0 Å². The van der Waals surface area contributed by atoms with Crippen LogP contribution in [-0.2, 0) is 0 Å². The van der Waals surface area contributed by atoms with Crippen LogP contribution >= 0.6 is 0 Å². The van der Waals surface area contributed by atoms with Gasteiger partial charge < -0.3 is 20.3 Å². The number of rotatable bonds is 6. The Hall–Kier alpha value is -4.57. The molecule has 0 aromatic heterocycles. The maximum Gasteiger partial charge on any atom is 0.257 e. The molecule has 34 heavy (non-hydrogen) atoms. The lowest BCUT2D eigenvalue weighted by Crippen LogP contribution is -2.23. The van der Waals surface area contributed by atoms with E-state index in [4.69, 9.17) is 11.2 Å². The topological polar surface area (TPSA) is 83.0 Å². The monoisotopic (exact) mass is 452 g/mol. The summed E-state index contributed by atoms with van der Waals surface area (Å²) in [7, 11) is 3.51. The molecule has 170 valence electrons. The Morgan fingerprint density at radius 1 is 1.00 bits per heavy atom. The molecule has 1 aliphatic heterocycles. The number of nitrogens with one attached hydrogen (secondary N) is 2. The van der Waals surface area contributed by atoms with Gasteiger partial charge in [0.2, 0.25) is 0 Å². The van der Waals surface area contributed by atoms with Crippen LogP contribution < -0.4 is 15.4 Å². The van der Waals surface area contributed by atoms with Crippen LogP contribution in [0.15, 0.2) is 71.7 Å². The van der Waals surface area contributed by atoms with Crippen molar-refractivity contribution in [2.45, 2.75) is 0 Å². The summed E-state index contributed by atoms with van der Waals surface area (Å²) in [4.78, 5) is 32.5. The fourth-order valence-corrected chi connectivity index (χ4v) is 3.60. The molecule has 1 aliphatic rings. The van der Waals surface area contributed by atoms with Gasteiger partial charge in [-0.25, -0.2) is 0 Å². The number of carbonyl (C=O) groups excluding carboxylic acids is 2. The van der Waals surface area contributed by atoms with Crippen molar-refractivity contribution in [2.24, 2.45) is 4.99 Å². The number of anilines is 2. The normalized spacial score (nSPS) is 12.5. The van der Waals surface area contributed by atoms with Gasteiger partial charge in [-0.2, -0.15) is 0 Å². The average molecular weight is 453 g/mol. The summed E-state index contributed by atoms with van der Waals surface area (Å²) in [6.07, 6.45) is 5.38. The molecule has 2 amide bonds. The van der Waals surface area contributed by atoms with E-state index < -0.39 is 0 Å². The predicted molar refractivity (Wildman–Crippen MR) is 134 cm³/mol. The average Bonchev–Trinajstić information content (AvgIpc) is 3.30. The van der Waals surface area contributed by atoms with E-state index in [1.165, 1.54) is 7.11 Å². The van der Waals surface area contributed by atoms with Crippen molar-refractivity contribution in [3.05, 3.63) is 89.0 Å². The van der Waals surface area contributed by atoms with E-state index >= 15 is 0 Å². The lowest BCUT2D eigenvalue weighted by molar-refractivity contribution is 0.102. The minimum Gasteiger partial charge on any atom is -0.497 e. The van der Waals surface area contributed by atoms with Gasteiger partial charge in [0, 0.05) is 36.0 Å². The lowest BCUT2D eigenvalue weighted by atomic mass is 10.1. The maximum absolute atomic E-state index is 13.0. The molecule has 0 bridgehead atoms. The first-order valence-corrected chi connectivity index (χ1v) is 10.7. The van der Waals surface area contributed by atoms with Crippen LogP contribution in [0.4, 0.5) is 11.4 Å². The highest BCUT2D eigenvalue weighted by molar-refractivity contribution is 6.13. The number of carbonyl (C=O) groups is 2. The van der Waals surface area contributed by atoms with Gasteiger partial charge in [-0.1, -0.05) is 18.1 Å². The van der Waals surface area contributed by atoms with Gasteiger partial charge in [-0.3, -0.25) is 14.6 Å². The quantitative estimate of drug-likeness (QED) is 0.556. The zero-order valence-electron chi connectivity index (χ0n) is 19.0. The Bertz CT molecular complexity index is 1290. The molecule has 7 heteroatoms. The van der Waals surface area contributed by atoms with E-state index in [0.717, 1.165) is 24.5 Å². The minimum atomic E-state index is -0.389. The summed E-state index contributed by atoms with van der Waals surface area (Å²) >= 11 is 0. The number of hydrogen-bond donors (Lipinski definition) is 2. The summed E-state index contributed by atoms with van der Waals surface area (Å²) in [6.45, 7) is 1.65. The number of nitrogens with zero attached hydrogens (tertiary/aromatic N) is 2. The smallest absolute Gasteiger partial charge is 0.257 e. The fourth-order valence-electron chi connectivity index (χ4n) is 3.60. The number of ether oxygens (including phenoxy) is 1. The van der Waals surface area contributed by atoms with Gasteiger partial charge in [0.15, 0.2) is 0 Å². The molecular weight excluding hydrogens is 428 g/mol. The van der Waals surface area contributed by atoms with E-state index in [-0.39, 0.29) is 17.4 Å².